The van der Waals surface area contributed by atoms with E-state index in [1.54, 1.807) is 0 Å². The lowest BCUT2D eigenvalue weighted by Crippen LogP contribution is -1.99. The zero-order valence-corrected chi connectivity index (χ0v) is 8.94. The Hall–Kier alpha value is 0.440. The van der Waals surface area contributed by atoms with E-state index in [0.717, 1.165) is 5.33 Å². The molecular formula is C9H19BrO. The van der Waals surface area contributed by atoms with Gasteiger partial charge in [0.05, 0.1) is 0 Å². The van der Waals surface area contributed by atoms with Crippen LogP contribution in [0.2, 0.25) is 0 Å². The number of rotatable bonds is 7. The zero-order chi connectivity index (χ0) is 8.53. The molecule has 1 nitrogen and oxygen atoms in total. The maximum atomic E-state index is 8.73. The Balaban J connectivity index is 2.89. The van der Waals surface area contributed by atoms with Crippen LogP contribution in [0.5, 0.6) is 0 Å². The average Bonchev–Trinajstić information content (AvgIpc) is 2.04. The first-order chi connectivity index (χ1) is 5.31. The number of aliphatic hydroxyl groups excluding tert-OH is 1. The molecule has 0 aliphatic rings. The topological polar surface area (TPSA) is 20.2 Å². The van der Waals surface area contributed by atoms with Crippen LogP contribution in [0, 0.1) is 5.92 Å². The molecule has 0 aliphatic heterocycles. The van der Waals surface area contributed by atoms with Crippen LogP contribution in [0.25, 0.3) is 0 Å². The summed E-state index contributed by atoms with van der Waals surface area (Å²) in [6.07, 6.45) is 6.38. The smallest absolute Gasteiger partial charge is 0.0456 e. The summed E-state index contributed by atoms with van der Waals surface area (Å²) >= 11 is 3.40. The van der Waals surface area contributed by atoms with Gasteiger partial charge in [-0.3, -0.25) is 0 Å². The normalized spacial score (nSPS) is 13.4. The Morgan fingerprint density at radius 3 is 2.36 bits per heavy atom. The highest BCUT2D eigenvalue weighted by Gasteiger charge is 1.98. The Kier molecular flexibility index (Phi) is 8.88. The Morgan fingerprint density at radius 1 is 1.18 bits per heavy atom. The van der Waals surface area contributed by atoms with Crippen LogP contribution < -0.4 is 0 Å². The van der Waals surface area contributed by atoms with Crippen LogP contribution >= 0.6 is 15.9 Å². The molecule has 0 heterocycles. The summed E-state index contributed by atoms with van der Waals surface area (Å²) in [4.78, 5) is 0. The molecule has 68 valence electrons. The molecule has 0 aliphatic carbocycles. The van der Waals surface area contributed by atoms with Crippen molar-refractivity contribution in [2.75, 3.05) is 11.9 Å². The summed E-state index contributed by atoms with van der Waals surface area (Å²) < 4.78 is 0. The van der Waals surface area contributed by atoms with Crippen molar-refractivity contribution in [1.82, 2.24) is 0 Å². The van der Waals surface area contributed by atoms with Gasteiger partial charge in [0, 0.05) is 11.9 Å². The summed E-state index contributed by atoms with van der Waals surface area (Å²) in [5.74, 6) is 0.499. The van der Waals surface area contributed by atoms with Crippen molar-refractivity contribution in [3.63, 3.8) is 0 Å². The Bertz CT molecular complexity index is 76.0. The molecule has 0 aromatic carbocycles. The number of halogens is 1. The predicted octanol–water partition coefficient (Wildman–Crippen LogP) is 2.96. The third kappa shape index (κ3) is 8.35. The second kappa shape index (κ2) is 8.54. The minimum Gasteiger partial charge on any atom is -0.396 e. The summed E-state index contributed by atoms with van der Waals surface area (Å²) in [6.45, 7) is 2.45. The minimum atomic E-state index is 0.346. The number of aliphatic hydroxyl groups is 1. The third-order valence-electron chi connectivity index (χ3n) is 1.89. The minimum absolute atomic E-state index is 0.346. The number of alkyl halides is 1. The number of unbranched alkanes of at least 4 members (excludes halogenated alkanes) is 3. The van der Waals surface area contributed by atoms with Gasteiger partial charge in [-0.25, -0.2) is 0 Å². The quantitative estimate of drug-likeness (QED) is 0.519. The highest BCUT2D eigenvalue weighted by atomic mass is 79.9. The van der Waals surface area contributed by atoms with Gasteiger partial charge in [-0.05, 0) is 18.8 Å². The van der Waals surface area contributed by atoms with Gasteiger partial charge in [0.25, 0.3) is 0 Å². The van der Waals surface area contributed by atoms with E-state index in [9.17, 15) is 0 Å². The van der Waals surface area contributed by atoms with E-state index < -0.39 is 0 Å². The van der Waals surface area contributed by atoms with Gasteiger partial charge in [0.1, 0.15) is 0 Å². The molecule has 0 spiro atoms. The summed E-state index contributed by atoms with van der Waals surface area (Å²) in [5.41, 5.74) is 0. The first-order valence-corrected chi connectivity index (χ1v) is 5.60. The van der Waals surface area contributed by atoms with Crippen LogP contribution in [0.3, 0.4) is 0 Å². The average molecular weight is 223 g/mol. The first-order valence-electron chi connectivity index (χ1n) is 4.48. The Labute approximate surface area is 78.3 Å². The van der Waals surface area contributed by atoms with E-state index in [1.807, 2.05) is 0 Å². The second-order valence-corrected chi connectivity index (χ2v) is 3.97. The number of hydrogen-bond donors (Lipinski definition) is 1. The van der Waals surface area contributed by atoms with E-state index in [-0.39, 0.29) is 0 Å². The van der Waals surface area contributed by atoms with E-state index in [4.69, 9.17) is 5.11 Å². The maximum absolute atomic E-state index is 8.73. The number of hydrogen-bond acceptors (Lipinski definition) is 1. The van der Waals surface area contributed by atoms with Crippen LogP contribution in [-0.2, 0) is 0 Å². The summed E-state index contributed by atoms with van der Waals surface area (Å²) in [7, 11) is 0. The molecule has 0 saturated heterocycles. The molecule has 0 bridgehead atoms. The van der Waals surface area contributed by atoms with Gasteiger partial charge < -0.3 is 5.11 Å². The van der Waals surface area contributed by atoms with Gasteiger partial charge in [-0.15, -0.1) is 0 Å². The molecule has 0 radical (unpaired) electrons. The van der Waals surface area contributed by atoms with Crippen molar-refractivity contribution in [2.24, 2.45) is 5.92 Å². The molecule has 0 aromatic heterocycles. The van der Waals surface area contributed by atoms with Crippen molar-refractivity contribution >= 4 is 15.9 Å². The summed E-state index contributed by atoms with van der Waals surface area (Å²) in [6, 6.07) is 0. The third-order valence-corrected chi connectivity index (χ3v) is 2.45. The van der Waals surface area contributed by atoms with E-state index in [0.29, 0.717) is 12.5 Å². The van der Waals surface area contributed by atoms with Crippen molar-refractivity contribution in [3.05, 3.63) is 0 Å². The monoisotopic (exact) mass is 222 g/mol. The van der Waals surface area contributed by atoms with Gasteiger partial charge in [-0.1, -0.05) is 42.1 Å². The van der Waals surface area contributed by atoms with Crippen molar-refractivity contribution in [2.45, 2.75) is 39.0 Å². The van der Waals surface area contributed by atoms with Crippen molar-refractivity contribution < 1.29 is 5.11 Å². The molecule has 0 amide bonds. The van der Waals surface area contributed by atoms with Crippen molar-refractivity contribution in [1.29, 1.82) is 0 Å². The highest BCUT2D eigenvalue weighted by Crippen LogP contribution is 2.09. The fourth-order valence-electron chi connectivity index (χ4n) is 1.03. The molecule has 0 rings (SSSR count). The van der Waals surface area contributed by atoms with Crippen LogP contribution in [0.1, 0.15) is 39.0 Å². The fourth-order valence-corrected chi connectivity index (χ4v) is 1.43. The van der Waals surface area contributed by atoms with Crippen LogP contribution in [0.4, 0.5) is 0 Å². The lowest BCUT2D eigenvalue weighted by atomic mass is 10.0. The molecule has 0 aromatic rings. The fraction of sp³-hybridized carbons (Fsp3) is 1.00. The molecule has 11 heavy (non-hydrogen) atoms. The second-order valence-electron chi connectivity index (χ2n) is 3.18. The lowest BCUT2D eigenvalue weighted by Gasteiger charge is -2.05. The maximum Gasteiger partial charge on any atom is 0.0456 e. The van der Waals surface area contributed by atoms with Crippen LogP contribution in [-0.4, -0.2) is 17.0 Å². The van der Waals surface area contributed by atoms with Gasteiger partial charge >= 0.3 is 0 Å². The largest absolute Gasteiger partial charge is 0.396 e. The van der Waals surface area contributed by atoms with Gasteiger partial charge in [0.2, 0.25) is 0 Å². The Morgan fingerprint density at radius 2 is 1.82 bits per heavy atom. The highest BCUT2D eigenvalue weighted by molar-refractivity contribution is 9.09. The van der Waals surface area contributed by atoms with E-state index in [2.05, 4.69) is 22.9 Å². The molecule has 1 atom stereocenters. The molecule has 0 saturated carbocycles. The van der Waals surface area contributed by atoms with E-state index >= 15 is 0 Å². The zero-order valence-electron chi connectivity index (χ0n) is 7.35. The lowest BCUT2D eigenvalue weighted by molar-refractivity contribution is 0.227. The standard InChI is InChI=1S/C9H19BrO/c1-9(8-11)6-4-2-3-5-7-10/h9,11H,2-8H2,1H3/t9-/m1/s1. The molecule has 1 N–H and O–H groups in total. The van der Waals surface area contributed by atoms with E-state index in [1.165, 1.54) is 32.1 Å². The van der Waals surface area contributed by atoms with Crippen molar-refractivity contribution in [3.8, 4) is 0 Å². The van der Waals surface area contributed by atoms with Crippen LogP contribution in [0.15, 0.2) is 0 Å². The SMILES string of the molecule is C[C@@H](CO)CCCCCCBr. The molecule has 2 heteroatoms. The summed E-state index contributed by atoms with van der Waals surface area (Å²) in [5, 5.41) is 9.86. The van der Waals surface area contributed by atoms with Gasteiger partial charge in [-0.2, -0.15) is 0 Å². The molecule has 0 unspecified atom stereocenters. The predicted molar refractivity (Wildman–Crippen MR) is 53.1 cm³/mol. The van der Waals surface area contributed by atoms with Gasteiger partial charge in [0.15, 0.2) is 0 Å². The first kappa shape index (κ1) is 11.4. The molecule has 0 fully saturated rings. The molecular weight excluding hydrogens is 204 g/mol.